The third-order valence-electron chi connectivity index (χ3n) is 0.935. The maximum atomic E-state index is 10.0. The zero-order valence-electron chi connectivity index (χ0n) is 6.18. The molecule has 6 heteroatoms. The SMILES string of the molecule is O=C([O-])C=CC=C(C(=O)[O-])C(=O)[O-]. The van der Waals surface area contributed by atoms with E-state index in [4.69, 9.17) is 0 Å². The molecule has 6 nitrogen and oxygen atoms in total. The van der Waals surface area contributed by atoms with E-state index < -0.39 is 23.5 Å². The van der Waals surface area contributed by atoms with Gasteiger partial charge in [-0.3, -0.25) is 0 Å². The average molecular weight is 183 g/mol. The summed E-state index contributed by atoms with van der Waals surface area (Å²) in [6.45, 7) is 0. The summed E-state index contributed by atoms with van der Waals surface area (Å²) in [6.07, 6.45) is 1.68. The van der Waals surface area contributed by atoms with Gasteiger partial charge in [0.25, 0.3) is 0 Å². The summed E-state index contributed by atoms with van der Waals surface area (Å²) in [7, 11) is 0. The molecule has 0 aromatic rings. The Hall–Kier alpha value is -2.11. The molecule has 13 heavy (non-hydrogen) atoms. The highest BCUT2D eigenvalue weighted by molar-refractivity contribution is 6.10. The Bertz CT molecular complexity index is 282. The number of carboxylic acid groups (broad SMARTS) is 3. The lowest BCUT2D eigenvalue weighted by molar-refractivity contribution is -0.312. The standard InChI is InChI=1S/C7H6O6/c8-5(9)3-1-2-4(6(10)11)7(12)13/h1-3H,(H,8,9)(H,10,11)(H,12,13)/p-3. The van der Waals surface area contributed by atoms with Crippen LogP contribution in [0.5, 0.6) is 0 Å². The summed E-state index contributed by atoms with van der Waals surface area (Å²) in [5.74, 6) is -5.49. The van der Waals surface area contributed by atoms with Crippen LogP contribution in [0.3, 0.4) is 0 Å². The van der Waals surface area contributed by atoms with Gasteiger partial charge in [-0.2, -0.15) is 0 Å². The molecular weight excluding hydrogens is 180 g/mol. The van der Waals surface area contributed by atoms with Gasteiger partial charge in [0.1, 0.15) is 0 Å². The number of aliphatic carboxylic acids is 3. The molecule has 0 amide bonds. The number of allylic oxidation sites excluding steroid dienone is 2. The van der Waals surface area contributed by atoms with Crippen molar-refractivity contribution in [3.63, 3.8) is 0 Å². The predicted molar refractivity (Wildman–Crippen MR) is 32.2 cm³/mol. The molecule has 0 fully saturated rings. The zero-order valence-corrected chi connectivity index (χ0v) is 6.18. The molecule has 0 aromatic carbocycles. The lowest BCUT2D eigenvalue weighted by atomic mass is 10.2. The number of carbonyl (C=O) groups excluding carboxylic acids is 3. The van der Waals surface area contributed by atoms with Crippen LogP contribution in [0.25, 0.3) is 0 Å². The summed E-state index contributed by atoms with van der Waals surface area (Å²) >= 11 is 0. The molecule has 0 atom stereocenters. The van der Waals surface area contributed by atoms with Crippen molar-refractivity contribution in [3.8, 4) is 0 Å². The number of carbonyl (C=O) groups is 3. The second kappa shape index (κ2) is 4.70. The smallest absolute Gasteiger partial charge is 0.0733 e. The van der Waals surface area contributed by atoms with E-state index >= 15 is 0 Å². The van der Waals surface area contributed by atoms with E-state index in [0.717, 1.165) is 0 Å². The number of hydrogen-bond donors (Lipinski definition) is 0. The first-order valence-corrected chi connectivity index (χ1v) is 2.97. The first-order valence-electron chi connectivity index (χ1n) is 2.97. The van der Waals surface area contributed by atoms with Gasteiger partial charge in [-0.25, -0.2) is 0 Å². The minimum Gasteiger partial charge on any atom is -0.545 e. The first kappa shape index (κ1) is 10.9. The first-order chi connectivity index (χ1) is 5.95. The molecule has 0 aromatic heterocycles. The number of hydrogen-bond acceptors (Lipinski definition) is 6. The van der Waals surface area contributed by atoms with Gasteiger partial charge in [0.05, 0.1) is 17.9 Å². The third-order valence-corrected chi connectivity index (χ3v) is 0.935. The minimum atomic E-state index is -1.96. The molecular formula is C7H3O6-3. The fraction of sp³-hybridized carbons (Fsp3) is 0. The molecule has 0 saturated carbocycles. The van der Waals surface area contributed by atoms with Crippen LogP contribution in [0.2, 0.25) is 0 Å². The van der Waals surface area contributed by atoms with Gasteiger partial charge in [0.2, 0.25) is 0 Å². The fourth-order valence-electron chi connectivity index (χ4n) is 0.442. The van der Waals surface area contributed by atoms with Gasteiger partial charge in [0.15, 0.2) is 0 Å². The highest BCUT2D eigenvalue weighted by Crippen LogP contribution is 1.90. The summed E-state index contributed by atoms with van der Waals surface area (Å²) in [6, 6.07) is 0. The Kier molecular flexibility index (Phi) is 3.94. The highest BCUT2D eigenvalue weighted by Gasteiger charge is 1.96. The van der Waals surface area contributed by atoms with Crippen molar-refractivity contribution in [1.29, 1.82) is 0 Å². The van der Waals surface area contributed by atoms with E-state index in [1.165, 1.54) is 0 Å². The van der Waals surface area contributed by atoms with Crippen molar-refractivity contribution in [1.82, 2.24) is 0 Å². The molecule has 0 heterocycles. The zero-order chi connectivity index (χ0) is 10.4. The van der Waals surface area contributed by atoms with Crippen LogP contribution in [-0.2, 0) is 14.4 Å². The molecule has 0 spiro atoms. The summed E-state index contributed by atoms with van der Waals surface area (Å²) < 4.78 is 0. The van der Waals surface area contributed by atoms with Gasteiger partial charge < -0.3 is 29.7 Å². The van der Waals surface area contributed by atoms with Gasteiger partial charge in [-0.1, -0.05) is 12.2 Å². The van der Waals surface area contributed by atoms with Crippen LogP contribution in [0.15, 0.2) is 23.8 Å². The number of carboxylic acids is 3. The Balaban J connectivity index is 4.66. The molecule has 0 bridgehead atoms. The maximum Gasteiger partial charge on any atom is 0.0733 e. The largest absolute Gasteiger partial charge is 0.545 e. The average Bonchev–Trinajstić information content (AvgIpc) is 1.95. The van der Waals surface area contributed by atoms with Crippen molar-refractivity contribution in [2.75, 3.05) is 0 Å². The lowest BCUT2D eigenvalue weighted by Crippen LogP contribution is -2.36. The Morgan fingerprint density at radius 2 is 1.38 bits per heavy atom. The van der Waals surface area contributed by atoms with E-state index in [9.17, 15) is 29.7 Å². The second-order valence-electron chi connectivity index (χ2n) is 1.83. The Morgan fingerprint density at radius 3 is 1.69 bits per heavy atom. The van der Waals surface area contributed by atoms with Crippen LogP contribution in [-0.4, -0.2) is 17.9 Å². The van der Waals surface area contributed by atoms with E-state index in [2.05, 4.69) is 0 Å². The van der Waals surface area contributed by atoms with E-state index in [1.807, 2.05) is 0 Å². The lowest BCUT2D eigenvalue weighted by Gasteiger charge is -2.07. The maximum absolute atomic E-state index is 10.0. The van der Waals surface area contributed by atoms with Gasteiger partial charge in [-0.05, 0) is 6.08 Å². The third kappa shape index (κ3) is 4.35. The predicted octanol–water partition coefficient (Wildman–Crippen LogP) is -4.28. The molecule has 70 valence electrons. The van der Waals surface area contributed by atoms with Crippen molar-refractivity contribution in [2.45, 2.75) is 0 Å². The van der Waals surface area contributed by atoms with Crippen LogP contribution < -0.4 is 15.3 Å². The molecule has 0 radical (unpaired) electrons. The van der Waals surface area contributed by atoms with Crippen molar-refractivity contribution < 1.29 is 29.7 Å². The number of rotatable bonds is 4. The molecule has 0 N–H and O–H groups in total. The highest BCUT2D eigenvalue weighted by atomic mass is 16.4. The molecule has 0 rings (SSSR count). The minimum absolute atomic E-state index is 0.464. The van der Waals surface area contributed by atoms with Gasteiger partial charge >= 0.3 is 0 Å². The quantitative estimate of drug-likeness (QED) is 0.188. The van der Waals surface area contributed by atoms with Crippen LogP contribution in [0.1, 0.15) is 0 Å². The van der Waals surface area contributed by atoms with Crippen molar-refractivity contribution in [2.24, 2.45) is 0 Å². The van der Waals surface area contributed by atoms with Crippen LogP contribution >= 0.6 is 0 Å². The molecule has 0 aliphatic heterocycles. The van der Waals surface area contributed by atoms with E-state index in [1.54, 1.807) is 0 Å². The van der Waals surface area contributed by atoms with E-state index in [0.29, 0.717) is 18.2 Å². The van der Waals surface area contributed by atoms with Crippen molar-refractivity contribution >= 4 is 17.9 Å². The Labute approximate surface area is 72.4 Å². The summed E-state index contributed by atoms with van der Waals surface area (Å²) in [4.78, 5) is 29.8. The second-order valence-corrected chi connectivity index (χ2v) is 1.83. The fourth-order valence-corrected chi connectivity index (χ4v) is 0.442. The van der Waals surface area contributed by atoms with Crippen LogP contribution in [0, 0.1) is 0 Å². The summed E-state index contributed by atoms with van der Waals surface area (Å²) in [5.41, 5.74) is -1.14. The topological polar surface area (TPSA) is 120 Å². The molecule has 0 aliphatic carbocycles. The van der Waals surface area contributed by atoms with E-state index in [-0.39, 0.29) is 0 Å². The summed E-state index contributed by atoms with van der Waals surface area (Å²) in [5, 5.41) is 29.8. The molecule has 0 aliphatic rings. The molecule has 0 saturated heterocycles. The van der Waals surface area contributed by atoms with Gasteiger partial charge in [0, 0.05) is 5.57 Å². The molecule has 0 unspecified atom stereocenters. The van der Waals surface area contributed by atoms with Crippen LogP contribution in [0.4, 0.5) is 0 Å². The normalized spacial score (nSPS) is 9.54. The van der Waals surface area contributed by atoms with Crippen molar-refractivity contribution in [3.05, 3.63) is 23.8 Å². The van der Waals surface area contributed by atoms with Gasteiger partial charge in [-0.15, -0.1) is 0 Å². The Morgan fingerprint density at radius 1 is 0.923 bits per heavy atom. The monoisotopic (exact) mass is 183 g/mol.